The average Bonchev–Trinajstić information content (AvgIpc) is 2.97. The minimum Gasteiger partial charge on any atom is -0.508 e. The van der Waals surface area contributed by atoms with Crippen LogP contribution in [-0.4, -0.2) is 18.2 Å². The molecule has 3 rings (SSSR count). The number of hydrogen-bond donors (Lipinski definition) is 2. The van der Waals surface area contributed by atoms with Crippen LogP contribution in [0.4, 0.5) is 15.5 Å². The fraction of sp³-hybridized carbons (Fsp3) is 0.0588. The number of aliphatic hydroxyl groups excluding tert-OH is 1. The Kier molecular flexibility index (Phi) is 4.52. The van der Waals surface area contributed by atoms with Crippen LogP contribution in [0.25, 0.3) is 16.0 Å². The van der Waals surface area contributed by atoms with E-state index in [2.05, 4.69) is 11.9 Å². The maximum absolute atomic E-state index is 12.4. The van der Waals surface area contributed by atoms with Crippen LogP contribution >= 0.6 is 22.9 Å². The standard InChI is InChI=1S/C17H13ClN2O4S/c1-9(21)10-7-14-13(24-16(10)22)8-15(25-14)20(2)17(23)19-12-6-4-3-5-11(12)18/h3-8,21H,1H2,2H3,(H,19,23). The van der Waals surface area contributed by atoms with Gasteiger partial charge in [-0.25, -0.2) is 9.59 Å². The Labute approximate surface area is 151 Å². The number of fused-ring (bicyclic) bond motifs is 1. The topological polar surface area (TPSA) is 82.8 Å². The first kappa shape index (κ1) is 17.1. The van der Waals surface area contributed by atoms with Crippen molar-refractivity contribution in [3.05, 3.63) is 64.0 Å². The first-order valence-electron chi connectivity index (χ1n) is 7.12. The van der Waals surface area contributed by atoms with Gasteiger partial charge in [0, 0.05) is 13.1 Å². The highest BCUT2D eigenvalue weighted by molar-refractivity contribution is 7.22. The predicted molar refractivity (Wildman–Crippen MR) is 101 cm³/mol. The van der Waals surface area contributed by atoms with Gasteiger partial charge in [0.15, 0.2) is 5.58 Å². The predicted octanol–water partition coefficient (Wildman–Crippen LogP) is 4.70. The van der Waals surface area contributed by atoms with Gasteiger partial charge in [0.1, 0.15) is 16.3 Å². The number of benzene rings is 1. The van der Waals surface area contributed by atoms with E-state index in [-0.39, 0.29) is 11.3 Å². The smallest absolute Gasteiger partial charge is 0.347 e. The molecule has 0 aliphatic rings. The molecule has 2 heterocycles. The van der Waals surface area contributed by atoms with Crippen LogP contribution in [0.5, 0.6) is 0 Å². The van der Waals surface area contributed by atoms with Crippen molar-refractivity contribution < 1.29 is 14.3 Å². The van der Waals surface area contributed by atoms with Crippen molar-refractivity contribution in [3.63, 3.8) is 0 Å². The highest BCUT2D eigenvalue weighted by Crippen LogP contribution is 2.33. The van der Waals surface area contributed by atoms with E-state index >= 15 is 0 Å². The lowest BCUT2D eigenvalue weighted by Gasteiger charge is -2.16. The molecule has 128 valence electrons. The van der Waals surface area contributed by atoms with Gasteiger partial charge in [-0.3, -0.25) is 4.90 Å². The zero-order valence-corrected chi connectivity index (χ0v) is 14.6. The number of thiophene rings is 1. The summed E-state index contributed by atoms with van der Waals surface area (Å²) in [6.45, 7) is 3.33. The van der Waals surface area contributed by atoms with Crippen LogP contribution in [0, 0.1) is 0 Å². The van der Waals surface area contributed by atoms with Crippen molar-refractivity contribution in [2.45, 2.75) is 0 Å². The molecule has 0 aliphatic heterocycles. The van der Waals surface area contributed by atoms with Gasteiger partial charge in [0.05, 0.1) is 15.4 Å². The van der Waals surface area contributed by atoms with Gasteiger partial charge in [-0.1, -0.05) is 30.3 Å². The van der Waals surface area contributed by atoms with Crippen LogP contribution in [0.1, 0.15) is 5.56 Å². The van der Waals surface area contributed by atoms with Crippen LogP contribution in [0.2, 0.25) is 5.02 Å². The Morgan fingerprint density at radius 3 is 2.76 bits per heavy atom. The maximum Gasteiger partial charge on any atom is 0.347 e. The van der Waals surface area contributed by atoms with Crippen molar-refractivity contribution in [1.29, 1.82) is 0 Å². The van der Waals surface area contributed by atoms with Gasteiger partial charge < -0.3 is 14.8 Å². The molecule has 0 bridgehead atoms. The lowest BCUT2D eigenvalue weighted by Crippen LogP contribution is -2.30. The van der Waals surface area contributed by atoms with Gasteiger partial charge in [0.2, 0.25) is 0 Å². The third-order valence-electron chi connectivity index (χ3n) is 3.47. The van der Waals surface area contributed by atoms with E-state index in [0.717, 1.165) is 0 Å². The average molecular weight is 377 g/mol. The normalized spacial score (nSPS) is 10.6. The molecule has 2 aromatic heterocycles. The molecule has 0 spiro atoms. The van der Waals surface area contributed by atoms with E-state index in [1.165, 1.54) is 22.3 Å². The summed E-state index contributed by atoms with van der Waals surface area (Å²) in [6.07, 6.45) is 0. The van der Waals surface area contributed by atoms with E-state index in [1.54, 1.807) is 37.4 Å². The monoisotopic (exact) mass is 376 g/mol. The molecule has 2 amide bonds. The number of nitrogens with one attached hydrogen (secondary N) is 1. The van der Waals surface area contributed by atoms with E-state index < -0.39 is 11.7 Å². The fourth-order valence-electron chi connectivity index (χ4n) is 2.13. The SMILES string of the molecule is C=C(O)c1cc2sc(N(C)C(=O)Nc3ccccc3Cl)cc2oc1=O. The molecule has 0 saturated carbocycles. The Balaban J connectivity index is 1.90. The summed E-state index contributed by atoms with van der Waals surface area (Å²) in [5.74, 6) is -0.365. The number of carbonyl (C=O) groups is 1. The largest absolute Gasteiger partial charge is 0.508 e. The number of carbonyl (C=O) groups excluding carboxylic acids is 1. The zero-order chi connectivity index (χ0) is 18.1. The molecule has 2 N–H and O–H groups in total. The maximum atomic E-state index is 12.4. The number of hydrogen-bond acceptors (Lipinski definition) is 5. The minimum absolute atomic E-state index is 0.0101. The van der Waals surface area contributed by atoms with Crippen molar-refractivity contribution in [3.8, 4) is 0 Å². The summed E-state index contributed by atoms with van der Waals surface area (Å²) in [7, 11) is 1.58. The summed E-state index contributed by atoms with van der Waals surface area (Å²) in [4.78, 5) is 25.6. The molecule has 0 atom stereocenters. The van der Waals surface area contributed by atoms with E-state index in [1.807, 2.05) is 0 Å². The number of halogens is 1. The Bertz CT molecular complexity index is 1040. The Morgan fingerprint density at radius 2 is 2.08 bits per heavy atom. The molecule has 6 nitrogen and oxygen atoms in total. The number of nitrogens with zero attached hydrogens (tertiary/aromatic N) is 1. The van der Waals surface area contributed by atoms with Crippen LogP contribution in [0.3, 0.4) is 0 Å². The number of para-hydroxylation sites is 1. The summed E-state index contributed by atoms with van der Waals surface area (Å²) >= 11 is 7.27. The number of amides is 2. The van der Waals surface area contributed by atoms with Crippen molar-refractivity contribution in [2.75, 3.05) is 17.3 Å². The second kappa shape index (κ2) is 6.62. The lowest BCUT2D eigenvalue weighted by molar-refractivity contribution is 0.258. The zero-order valence-electron chi connectivity index (χ0n) is 13.1. The van der Waals surface area contributed by atoms with Crippen molar-refractivity contribution in [2.24, 2.45) is 0 Å². The Morgan fingerprint density at radius 1 is 1.36 bits per heavy atom. The minimum atomic E-state index is -0.687. The summed E-state index contributed by atoms with van der Waals surface area (Å²) in [6, 6.07) is 9.57. The highest BCUT2D eigenvalue weighted by Gasteiger charge is 2.17. The first-order valence-corrected chi connectivity index (χ1v) is 8.31. The van der Waals surface area contributed by atoms with Gasteiger partial charge in [-0.05, 0) is 18.2 Å². The molecule has 8 heteroatoms. The lowest BCUT2D eigenvalue weighted by atomic mass is 10.2. The van der Waals surface area contributed by atoms with E-state index in [0.29, 0.717) is 26.0 Å². The number of urea groups is 1. The molecule has 0 unspecified atom stereocenters. The van der Waals surface area contributed by atoms with Crippen molar-refractivity contribution in [1.82, 2.24) is 0 Å². The van der Waals surface area contributed by atoms with Gasteiger partial charge in [0.25, 0.3) is 0 Å². The fourth-order valence-corrected chi connectivity index (χ4v) is 3.30. The summed E-state index contributed by atoms with van der Waals surface area (Å²) in [5.41, 5.74) is 0.122. The number of aliphatic hydroxyl groups is 1. The summed E-state index contributed by atoms with van der Waals surface area (Å²) in [5, 5.41) is 13.1. The van der Waals surface area contributed by atoms with Crippen LogP contribution in [0.15, 0.2) is 52.2 Å². The van der Waals surface area contributed by atoms with Gasteiger partial charge in [-0.15, -0.1) is 11.3 Å². The van der Waals surface area contributed by atoms with Crippen LogP contribution < -0.4 is 15.8 Å². The highest BCUT2D eigenvalue weighted by atomic mass is 35.5. The van der Waals surface area contributed by atoms with Gasteiger partial charge >= 0.3 is 11.7 Å². The second-order valence-corrected chi connectivity index (χ2v) is 6.65. The third-order valence-corrected chi connectivity index (χ3v) is 4.94. The van der Waals surface area contributed by atoms with Gasteiger partial charge in [-0.2, -0.15) is 0 Å². The second-order valence-electron chi connectivity index (χ2n) is 5.18. The molecular weight excluding hydrogens is 364 g/mol. The van der Waals surface area contributed by atoms with E-state index in [9.17, 15) is 14.7 Å². The Hall–Kier alpha value is -2.77. The van der Waals surface area contributed by atoms with Crippen LogP contribution in [-0.2, 0) is 0 Å². The van der Waals surface area contributed by atoms with E-state index in [4.69, 9.17) is 16.0 Å². The van der Waals surface area contributed by atoms with Crippen molar-refractivity contribution >= 4 is 55.7 Å². The third kappa shape index (κ3) is 3.38. The quantitative estimate of drug-likeness (QED) is 0.649. The molecule has 0 fully saturated rings. The molecule has 1 aromatic carbocycles. The molecular formula is C17H13ClN2O4S. The molecule has 25 heavy (non-hydrogen) atoms. The summed E-state index contributed by atoms with van der Waals surface area (Å²) < 4.78 is 5.77. The molecule has 0 saturated heterocycles. The molecule has 3 aromatic rings. The molecule has 0 radical (unpaired) electrons. The number of rotatable bonds is 3. The molecule has 0 aliphatic carbocycles. The first-order chi connectivity index (χ1) is 11.9. The number of anilines is 2.